The Morgan fingerprint density at radius 3 is 2.60 bits per heavy atom. The van der Waals surface area contributed by atoms with Crippen LogP contribution in [0.5, 0.6) is 5.75 Å². The van der Waals surface area contributed by atoms with E-state index in [9.17, 15) is 14.4 Å². The highest BCUT2D eigenvalue weighted by Crippen LogP contribution is 2.55. The van der Waals surface area contributed by atoms with Crippen LogP contribution >= 0.6 is 0 Å². The van der Waals surface area contributed by atoms with Crippen LogP contribution in [0.15, 0.2) is 36.4 Å². The van der Waals surface area contributed by atoms with Gasteiger partial charge >= 0.3 is 0 Å². The molecule has 2 N–H and O–H groups in total. The minimum absolute atomic E-state index is 0.0460. The average Bonchev–Trinajstić information content (AvgIpc) is 3.57. The molecular formula is C31H43N3O6. The molecule has 8 atom stereocenters. The first-order valence-electron chi connectivity index (χ1n) is 14.7. The Labute approximate surface area is 237 Å². The predicted molar refractivity (Wildman–Crippen MR) is 151 cm³/mol. The average molecular weight is 554 g/mol. The monoisotopic (exact) mass is 553 g/mol. The summed E-state index contributed by atoms with van der Waals surface area (Å²) >= 11 is 0. The van der Waals surface area contributed by atoms with Crippen molar-refractivity contribution in [3.8, 4) is 5.75 Å². The van der Waals surface area contributed by atoms with Crippen molar-refractivity contribution in [1.29, 1.82) is 0 Å². The molecule has 40 heavy (non-hydrogen) atoms. The molecule has 1 aromatic carbocycles. The van der Waals surface area contributed by atoms with Crippen molar-refractivity contribution in [2.75, 3.05) is 25.6 Å². The first-order chi connectivity index (χ1) is 19.2. The van der Waals surface area contributed by atoms with Crippen molar-refractivity contribution in [3.05, 3.63) is 36.4 Å². The fraction of sp³-hybridized carbons (Fsp3) is 0.645. The van der Waals surface area contributed by atoms with Crippen LogP contribution in [-0.2, 0) is 23.9 Å². The number of likely N-dealkylation sites (tertiary alicyclic amines) is 1. The summed E-state index contributed by atoms with van der Waals surface area (Å²) in [5.41, 5.74) is -0.565. The molecule has 1 aromatic rings. The maximum Gasteiger partial charge on any atom is 0.246 e. The molecule has 4 aliphatic rings. The van der Waals surface area contributed by atoms with Crippen molar-refractivity contribution in [2.24, 2.45) is 23.7 Å². The van der Waals surface area contributed by atoms with Gasteiger partial charge < -0.3 is 29.7 Å². The molecule has 1 aliphatic carbocycles. The molecule has 218 valence electrons. The third-order valence-corrected chi connectivity index (χ3v) is 9.31. The van der Waals surface area contributed by atoms with Gasteiger partial charge in [0.05, 0.1) is 31.2 Å². The summed E-state index contributed by atoms with van der Waals surface area (Å²) in [7, 11) is 1.58. The first-order valence-corrected chi connectivity index (χ1v) is 14.7. The molecular weight excluding hydrogens is 510 g/mol. The number of amides is 3. The van der Waals surface area contributed by atoms with Gasteiger partial charge in [0, 0.05) is 24.9 Å². The first kappa shape index (κ1) is 28.6. The smallest absolute Gasteiger partial charge is 0.246 e. The largest absolute Gasteiger partial charge is 0.497 e. The van der Waals surface area contributed by atoms with Gasteiger partial charge in [-0.15, -0.1) is 0 Å². The fourth-order valence-electron chi connectivity index (χ4n) is 7.01. The second kappa shape index (κ2) is 11.5. The molecule has 0 aromatic heterocycles. The summed E-state index contributed by atoms with van der Waals surface area (Å²) in [4.78, 5) is 43.4. The molecule has 2 saturated heterocycles. The maximum atomic E-state index is 14.1. The number of fused-ring (bicyclic) bond motifs is 1. The number of ether oxygens (including phenoxy) is 3. The number of carbonyl (C=O) groups excluding carboxylic acids is 3. The van der Waals surface area contributed by atoms with Gasteiger partial charge in [0.2, 0.25) is 17.7 Å². The second-order valence-electron chi connectivity index (χ2n) is 12.1. The minimum atomic E-state index is -1.17. The number of rotatable bonds is 10. The van der Waals surface area contributed by atoms with E-state index in [2.05, 4.69) is 24.5 Å². The predicted octanol–water partition coefficient (Wildman–Crippen LogP) is 3.54. The summed E-state index contributed by atoms with van der Waals surface area (Å²) in [6.07, 6.45) is 6.94. The van der Waals surface area contributed by atoms with E-state index in [1.807, 2.05) is 26.0 Å². The van der Waals surface area contributed by atoms with Gasteiger partial charge in [0.25, 0.3) is 0 Å². The lowest BCUT2D eigenvalue weighted by Crippen LogP contribution is -2.58. The van der Waals surface area contributed by atoms with Gasteiger partial charge in [-0.25, -0.2) is 0 Å². The van der Waals surface area contributed by atoms with Gasteiger partial charge in [-0.2, -0.15) is 0 Å². The topological polar surface area (TPSA) is 106 Å². The molecule has 9 heteroatoms. The molecule has 0 radical (unpaired) electrons. The zero-order valence-electron chi connectivity index (χ0n) is 24.2. The summed E-state index contributed by atoms with van der Waals surface area (Å²) < 4.78 is 17.4. The Bertz CT molecular complexity index is 1140. The highest BCUT2D eigenvalue weighted by Gasteiger charge is 2.72. The van der Waals surface area contributed by atoms with E-state index in [1.54, 1.807) is 36.3 Å². The number of carbonyl (C=O) groups is 3. The number of methoxy groups -OCH3 is 1. The zero-order valence-corrected chi connectivity index (χ0v) is 24.2. The van der Waals surface area contributed by atoms with Gasteiger partial charge in [-0.3, -0.25) is 14.4 Å². The fourth-order valence-corrected chi connectivity index (χ4v) is 7.01. The molecule has 3 amide bonds. The van der Waals surface area contributed by atoms with E-state index in [1.165, 1.54) is 0 Å². The third kappa shape index (κ3) is 5.14. The van der Waals surface area contributed by atoms with Crippen molar-refractivity contribution < 1.29 is 28.6 Å². The number of nitrogens with zero attached hydrogens (tertiary/aromatic N) is 1. The van der Waals surface area contributed by atoms with E-state index in [0.29, 0.717) is 42.8 Å². The molecule has 2 bridgehead atoms. The Kier molecular flexibility index (Phi) is 8.25. The molecule has 1 spiro atoms. The van der Waals surface area contributed by atoms with Crippen molar-refractivity contribution in [3.63, 3.8) is 0 Å². The Morgan fingerprint density at radius 1 is 1.15 bits per heavy atom. The van der Waals surface area contributed by atoms with E-state index in [4.69, 9.17) is 14.2 Å². The quantitative estimate of drug-likeness (QED) is 0.339. The summed E-state index contributed by atoms with van der Waals surface area (Å²) in [5, 5.41) is 6.24. The van der Waals surface area contributed by atoms with Crippen molar-refractivity contribution in [1.82, 2.24) is 10.2 Å². The molecule has 3 aliphatic heterocycles. The lowest BCUT2D eigenvalue weighted by molar-refractivity contribution is -0.142. The van der Waals surface area contributed by atoms with Gasteiger partial charge in [-0.05, 0) is 62.8 Å². The summed E-state index contributed by atoms with van der Waals surface area (Å²) in [6, 6.07) is 6.26. The second-order valence-corrected chi connectivity index (χ2v) is 12.1. The van der Waals surface area contributed by atoms with Crippen LogP contribution in [0.25, 0.3) is 0 Å². The van der Waals surface area contributed by atoms with Gasteiger partial charge in [-0.1, -0.05) is 38.8 Å². The van der Waals surface area contributed by atoms with Crippen LogP contribution < -0.4 is 15.4 Å². The Morgan fingerprint density at radius 2 is 1.90 bits per heavy atom. The number of hydrogen-bond donors (Lipinski definition) is 2. The van der Waals surface area contributed by atoms with E-state index >= 15 is 0 Å². The number of anilines is 1. The van der Waals surface area contributed by atoms with E-state index in [-0.39, 0.29) is 29.9 Å². The van der Waals surface area contributed by atoms with Crippen LogP contribution in [0.1, 0.15) is 53.4 Å². The number of hydrogen-bond acceptors (Lipinski definition) is 6. The lowest BCUT2D eigenvalue weighted by Gasteiger charge is -2.38. The SMILES string of the molecule is COc1ccc(NC(=O)[C@@H]2[C@@H]3C=C[C@]4(O3)[C@@H]2C(=O)N(CCCOC(C)C)[C@H]4C(=O)N[C@@H]2CCC[C@H](C)[C@@H]2C)cc1. The van der Waals surface area contributed by atoms with E-state index in [0.717, 1.165) is 19.3 Å². The number of benzene rings is 1. The molecule has 0 unspecified atom stereocenters. The highest BCUT2D eigenvalue weighted by atomic mass is 16.5. The summed E-state index contributed by atoms with van der Waals surface area (Å²) in [5.74, 6) is -0.671. The third-order valence-electron chi connectivity index (χ3n) is 9.31. The van der Waals surface area contributed by atoms with Crippen molar-refractivity contribution >= 4 is 23.4 Å². The number of nitrogens with one attached hydrogen (secondary N) is 2. The van der Waals surface area contributed by atoms with Crippen molar-refractivity contribution in [2.45, 2.75) is 83.3 Å². The molecule has 3 fully saturated rings. The Hall–Kier alpha value is -2.91. The molecule has 3 heterocycles. The molecule has 5 rings (SSSR count). The maximum absolute atomic E-state index is 14.1. The zero-order chi connectivity index (χ0) is 28.6. The van der Waals surface area contributed by atoms with Gasteiger partial charge in [0.15, 0.2) is 0 Å². The standard InChI is InChI=1S/C31H43N3O6/c1-18(2)39-17-7-16-34-27(29(36)33-23-9-6-8-19(3)20(23)4)31-15-14-24(40-31)25(26(31)30(34)37)28(35)32-21-10-12-22(38-5)13-11-21/h10-15,18-20,23-27H,6-9,16-17H2,1-5H3,(H,32,35)(H,33,36)/t19-,20-,23+,24-,25+,26-,27-,31-/m0/s1. The van der Waals surface area contributed by atoms with Crippen LogP contribution in [0.2, 0.25) is 0 Å². The van der Waals surface area contributed by atoms with Crippen LogP contribution in [0, 0.1) is 23.7 Å². The normalized spacial score (nSPS) is 34.3. The van der Waals surface area contributed by atoms with Crippen LogP contribution in [0.4, 0.5) is 5.69 Å². The lowest BCUT2D eigenvalue weighted by atomic mass is 9.73. The summed E-state index contributed by atoms with van der Waals surface area (Å²) in [6.45, 7) is 9.19. The van der Waals surface area contributed by atoms with Gasteiger partial charge in [0.1, 0.15) is 17.4 Å². The molecule has 1 saturated carbocycles. The highest BCUT2D eigenvalue weighted by molar-refractivity contribution is 6.02. The van der Waals surface area contributed by atoms with Crippen LogP contribution in [0.3, 0.4) is 0 Å². The molecule has 9 nitrogen and oxygen atoms in total. The Balaban J connectivity index is 1.39. The minimum Gasteiger partial charge on any atom is -0.497 e. The van der Waals surface area contributed by atoms with E-state index < -0.39 is 29.6 Å². The van der Waals surface area contributed by atoms with Crippen LogP contribution in [-0.4, -0.2) is 72.8 Å².